The smallest absolute Gasteiger partial charge is 0.417 e. The first-order chi connectivity index (χ1) is 9.86. The maximum absolute atomic E-state index is 13.1. The molecule has 7 heteroatoms. The van der Waals surface area contributed by atoms with Crippen LogP contribution < -0.4 is 0 Å². The standard InChI is InChI=1S/C14H9ClF3NO2/c1-21-13(20)12-9(6-19-7-11(12)15)8-4-2-3-5-10(8)14(16,17)18/h2-7H,1H3. The van der Waals surface area contributed by atoms with Gasteiger partial charge in [-0.3, -0.25) is 4.98 Å². The first kappa shape index (κ1) is 15.3. The summed E-state index contributed by atoms with van der Waals surface area (Å²) in [5.41, 5.74) is -1.23. The molecule has 0 saturated heterocycles. The Kier molecular flexibility index (Phi) is 4.18. The Labute approximate surface area is 123 Å². The fourth-order valence-electron chi connectivity index (χ4n) is 1.91. The Bertz CT molecular complexity index is 686. The highest BCUT2D eigenvalue weighted by molar-refractivity contribution is 6.34. The van der Waals surface area contributed by atoms with E-state index >= 15 is 0 Å². The summed E-state index contributed by atoms with van der Waals surface area (Å²) in [5, 5.41) is -0.0728. The van der Waals surface area contributed by atoms with Gasteiger partial charge in [-0.1, -0.05) is 29.8 Å². The number of aromatic nitrogens is 1. The summed E-state index contributed by atoms with van der Waals surface area (Å²) in [7, 11) is 1.12. The zero-order chi connectivity index (χ0) is 15.6. The highest BCUT2D eigenvalue weighted by atomic mass is 35.5. The number of nitrogens with zero attached hydrogens (tertiary/aromatic N) is 1. The van der Waals surface area contributed by atoms with E-state index in [1.165, 1.54) is 24.4 Å². The Morgan fingerprint density at radius 1 is 1.19 bits per heavy atom. The summed E-state index contributed by atoms with van der Waals surface area (Å²) in [4.78, 5) is 15.5. The Hall–Kier alpha value is -2.08. The highest BCUT2D eigenvalue weighted by Gasteiger charge is 2.34. The molecule has 0 atom stereocenters. The molecule has 0 unspecified atom stereocenters. The third kappa shape index (κ3) is 3.00. The number of esters is 1. The molecule has 21 heavy (non-hydrogen) atoms. The summed E-state index contributed by atoms with van der Waals surface area (Å²) in [6, 6.07) is 4.88. The van der Waals surface area contributed by atoms with Crippen LogP contribution in [0.25, 0.3) is 11.1 Å². The van der Waals surface area contributed by atoms with Gasteiger partial charge in [-0.15, -0.1) is 0 Å². The molecule has 110 valence electrons. The van der Waals surface area contributed by atoms with E-state index in [4.69, 9.17) is 11.6 Å². The molecule has 0 bridgehead atoms. The van der Waals surface area contributed by atoms with Crippen molar-refractivity contribution in [3.63, 3.8) is 0 Å². The molecule has 0 aliphatic rings. The number of hydrogen-bond acceptors (Lipinski definition) is 3. The van der Waals surface area contributed by atoms with E-state index < -0.39 is 17.7 Å². The fourth-order valence-corrected chi connectivity index (χ4v) is 2.15. The van der Waals surface area contributed by atoms with Crippen molar-refractivity contribution in [3.05, 3.63) is 52.8 Å². The number of halogens is 4. The summed E-state index contributed by atoms with van der Waals surface area (Å²) in [6.45, 7) is 0. The largest absolute Gasteiger partial charge is 0.465 e. The Morgan fingerprint density at radius 2 is 1.86 bits per heavy atom. The van der Waals surface area contributed by atoms with E-state index in [-0.39, 0.29) is 21.7 Å². The SMILES string of the molecule is COC(=O)c1c(Cl)cncc1-c1ccccc1C(F)(F)F. The summed E-state index contributed by atoms with van der Waals surface area (Å²) < 4.78 is 43.8. The van der Waals surface area contributed by atoms with Crippen LogP contribution in [0.15, 0.2) is 36.7 Å². The number of methoxy groups -OCH3 is 1. The van der Waals surface area contributed by atoms with Gasteiger partial charge in [-0.05, 0) is 11.6 Å². The molecule has 0 spiro atoms. The van der Waals surface area contributed by atoms with Crippen LogP contribution in [0, 0.1) is 0 Å². The van der Waals surface area contributed by atoms with Crippen molar-refractivity contribution in [3.8, 4) is 11.1 Å². The second kappa shape index (κ2) is 5.73. The molecule has 2 aromatic rings. The molecule has 2 rings (SSSR count). The molecule has 1 heterocycles. The van der Waals surface area contributed by atoms with Gasteiger partial charge in [-0.25, -0.2) is 4.79 Å². The number of ether oxygens (including phenoxy) is 1. The monoisotopic (exact) mass is 315 g/mol. The number of alkyl halides is 3. The van der Waals surface area contributed by atoms with E-state index in [2.05, 4.69) is 9.72 Å². The van der Waals surface area contributed by atoms with Gasteiger partial charge in [0.1, 0.15) is 0 Å². The van der Waals surface area contributed by atoms with Crippen LogP contribution in [0.3, 0.4) is 0 Å². The van der Waals surface area contributed by atoms with Crippen molar-refractivity contribution < 1.29 is 22.7 Å². The van der Waals surface area contributed by atoms with Gasteiger partial charge < -0.3 is 4.74 Å². The van der Waals surface area contributed by atoms with Crippen LogP contribution in [-0.4, -0.2) is 18.1 Å². The van der Waals surface area contributed by atoms with Crippen molar-refractivity contribution in [2.24, 2.45) is 0 Å². The summed E-state index contributed by atoms with van der Waals surface area (Å²) >= 11 is 5.87. The van der Waals surface area contributed by atoms with Gasteiger partial charge in [-0.2, -0.15) is 13.2 Å². The van der Waals surface area contributed by atoms with Gasteiger partial charge in [0.15, 0.2) is 0 Å². The van der Waals surface area contributed by atoms with E-state index in [1.807, 2.05) is 0 Å². The molecule has 3 nitrogen and oxygen atoms in total. The second-order valence-electron chi connectivity index (χ2n) is 4.08. The summed E-state index contributed by atoms with van der Waals surface area (Å²) in [6.07, 6.45) is -2.23. The van der Waals surface area contributed by atoms with Crippen molar-refractivity contribution in [2.75, 3.05) is 7.11 Å². The van der Waals surface area contributed by atoms with Crippen molar-refractivity contribution in [1.29, 1.82) is 0 Å². The van der Waals surface area contributed by atoms with Crippen molar-refractivity contribution >= 4 is 17.6 Å². The zero-order valence-corrected chi connectivity index (χ0v) is 11.5. The quantitative estimate of drug-likeness (QED) is 0.779. The number of benzene rings is 1. The lowest BCUT2D eigenvalue weighted by Gasteiger charge is -2.15. The van der Waals surface area contributed by atoms with Gasteiger partial charge in [0, 0.05) is 18.0 Å². The van der Waals surface area contributed by atoms with Gasteiger partial charge in [0.2, 0.25) is 0 Å². The number of pyridine rings is 1. The first-order valence-corrected chi connectivity index (χ1v) is 6.12. The number of carbonyl (C=O) groups excluding carboxylic acids is 1. The maximum atomic E-state index is 13.1. The molecule has 1 aromatic heterocycles. The average molecular weight is 316 g/mol. The molecular formula is C14H9ClF3NO2. The molecule has 0 radical (unpaired) electrons. The van der Waals surface area contributed by atoms with E-state index in [0.717, 1.165) is 19.4 Å². The minimum Gasteiger partial charge on any atom is -0.465 e. The summed E-state index contributed by atoms with van der Waals surface area (Å²) in [5.74, 6) is -0.825. The van der Waals surface area contributed by atoms with Crippen LogP contribution >= 0.6 is 11.6 Å². The van der Waals surface area contributed by atoms with Gasteiger partial charge in [0.05, 0.1) is 23.3 Å². The van der Waals surface area contributed by atoms with E-state index in [9.17, 15) is 18.0 Å². The molecule has 0 aliphatic carbocycles. The molecule has 1 aromatic carbocycles. The maximum Gasteiger partial charge on any atom is 0.417 e. The average Bonchev–Trinajstić information content (AvgIpc) is 2.45. The van der Waals surface area contributed by atoms with Crippen LogP contribution in [0.5, 0.6) is 0 Å². The number of hydrogen-bond donors (Lipinski definition) is 0. The number of rotatable bonds is 2. The van der Waals surface area contributed by atoms with E-state index in [0.29, 0.717) is 0 Å². The Morgan fingerprint density at radius 3 is 2.48 bits per heavy atom. The third-order valence-electron chi connectivity index (χ3n) is 2.81. The van der Waals surface area contributed by atoms with E-state index in [1.54, 1.807) is 0 Å². The second-order valence-corrected chi connectivity index (χ2v) is 4.49. The number of carbonyl (C=O) groups is 1. The lowest BCUT2D eigenvalue weighted by Crippen LogP contribution is -2.10. The predicted molar refractivity (Wildman–Crippen MR) is 71.0 cm³/mol. The lowest BCUT2D eigenvalue weighted by molar-refractivity contribution is -0.137. The third-order valence-corrected chi connectivity index (χ3v) is 3.10. The molecule has 0 amide bonds. The Balaban J connectivity index is 2.75. The molecule has 0 saturated carbocycles. The highest BCUT2D eigenvalue weighted by Crippen LogP contribution is 2.39. The topological polar surface area (TPSA) is 39.2 Å². The van der Waals surface area contributed by atoms with Gasteiger partial charge in [0.25, 0.3) is 0 Å². The fraction of sp³-hybridized carbons (Fsp3) is 0.143. The molecular weight excluding hydrogens is 307 g/mol. The molecule has 0 aliphatic heterocycles. The van der Waals surface area contributed by atoms with Crippen LogP contribution in [-0.2, 0) is 10.9 Å². The normalized spacial score (nSPS) is 11.3. The minimum absolute atomic E-state index is 0.0257. The van der Waals surface area contributed by atoms with Crippen LogP contribution in [0.2, 0.25) is 5.02 Å². The zero-order valence-electron chi connectivity index (χ0n) is 10.7. The van der Waals surface area contributed by atoms with Crippen molar-refractivity contribution in [1.82, 2.24) is 4.98 Å². The predicted octanol–water partition coefficient (Wildman–Crippen LogP) is 4.21. The molecule has 0 N–H and O–H groups in total. The van der Waals surface area contributed by atoms with Crippen LogP contribution in [0.1, 0.15) is 15.9 Å². The van der Waals surface area contributed by atoms with Crippen molar-refractivity contribution in [2.45, 2.75) is 6.18 Å². The minimum atomic E-state index is -4.56. The van der Waals surface area contributed by atoms with Crippen LogP contribution in [0.4, 0.5) is 13.2 Å². The first-order valence-electron chi connectivity index (χ1n) is 5.74. The lowest BCUT2D eigenvalue weighted by atomic mass is 9.97. The van der Waals surface area contributed by atoms with Gasteiger partial charge >= 0.3 is 12.1 Å². The molecule has 0 fully saturated rings.